The van der Waals surface area contributed by atoms with Gasteiger partial charge in [-0.15, -0.1) is 24.0 Å². The van der Waals surface area contributed by atoms with Gasteiger partial charge in [-0.3, -0.25) is 4.99 Å². The van der Waals surface area contributed by atoms with Crippen molar-refractivity contribution in [1.29, 1.82) is 0 Å². The van der Waals surface area contributed by atoms with E-state index in [0.717, 1.165) is 31.2 Å². The van der Waals surface area contributed by atoms with Crippen molar-refractivity contribution in [1.82, 2.24) is 20.0 Å². The van der Waals surface area contributed by atoms with E-state index in [1.807, 2.05) is 36.1 Å². The second kappa shape index (κ2) is 11.1. The zero-order valence-electron chi connectivity index (χ0n) is 14.8. The van der Waals surface area contributed by atoms with Gasteiger partial charge in [0.2, 0.25) is 0 Å². The summed E-state index contributed by atoms with van der Waals surface area (Å²) in [5.41, 5.74) is 2.30. The van der Waals surface area contributed by atoms with Crippen LogP contribution < -0.4 is 5.32 Å². The summed E-state index contributed by atoms with van der Waals surface area (Å²) >= 11 is 0. The normalized spacial score (nSPS) is 11.0. The highest BCUT2D eigenvalue weighted by Gasteiger charge is 2.05. The molecule has 0 radical (unpaired) electrons. The fraction of sp³-hybridized carbons (Fsp3) is 0.444. The maximum Gasteiger partial charge on any atom is 0.193 e. The van der Waals surface area contributed by atoms with Crippen LogP contribution in [0.1, 0.15) is 25.3 Å². The topological polar surface area (TPSA) is 45.4 Å². The van der Waals surface area contributed by atoms with E-state index in [1.54, 1.807) is 0 Å². The summed E-state index contributed by atoms with van der Waals surface area (Å²) in [7, 11) is 3.91. The Labute approximate surface area is 162 Å². The Morgan fingerprint density at radius 2 is 2.04 bits per heavy atom. The number of hydrogen-bond donors (Lipinski definition) is 1. The third-order valence-corrected chi connectivity index (χ3v) is 3.77. The smallest absolute Gasteiger partial charge is 0.193 e. The summed E-state index contributed by atoms with van der Waals surface area (Å²) in [4.78, 5) is 6.51. The maximum atomic E-state index is 4.43. The Balaban J connectivity index is 0.00000288. The van der Waals surface area contributed by atoms with Crippen LogP contribution in [0.5, 0.6) is 0 Å². The largest absolute Gasteiger partial charge is 0.356 e. The van der Waals surface area contributed by atoms with E-state index in [0.29, 0.717) is 0 Å². The Morgan fingerprint density at radius 3 is 2.71 bits per heavy atom. The van der Waals surface area contributed by atoms with Crippen LogP contribution in [-0.4, -0.2) is 47.8 Å². The van der Waals surface area contributed by atoms with Crippen LogP contribution in [0.3, 0.4) is 0 Å². The van der Waals surface area contributed by atoms with Gasteiger partial charge < -0.3 is 10.2 Å². The molecule has 0 aliphatic heterocycles. The van der Waals surface area contributed by atoms with Crippen molar-refractivity contribution in [2.45, 2.75) is 26.2 Å². The maximum absolute atomic E-state index is 4.43. The summed E-state index contributed by atoms with van der Waals surface area (Å²) < 4.78 is 1.91. The fourth-order valence-corrected chi connectivity index (χ4v) is 2.42. The van der Waals surface area contributed by atoms with Crippen molar-refractivity contribution in [3.8, 4) is 5.69 Å². The van der Waals surface area contributed by atoms with Gasteiger partial charge in [-0.25, -0.2) is 4.68 Å². The molecule has 2 rings (SSSR count). The summed E-state index contributed by atoms with van der Waals surface area (Å²) in [6.07, 6.45) is 7.31. The molecule has 2 aromatic rings. The zero-order valence-corrected chi connectivity index (χ0v) is 17.1. The van der Waals surface area contributed by atoms with Gasteiger partial charge in [0.15, 0.2) is 5.96 Å². The van der Waals surface area contributed by atoms with Crippen LogP contribution in [0.2, 0.25) is 0 Å². The quantitative estimate of drug-likeness (QED) is 0.407. The van der Waals surface area contributed by atoms with Crippen LogP contribution in [0.15, 0.2) is 47.7 Å². The number of nitrogens with one attached hydrogen (secondary N) is 1. The van der Waals surface area contributed by atoms with Crippen molar-refractivity contribution in [2.24, 2.45) is 4.99 Å². The molecule has 24 heavy (non-hydrogen) atoms. The number of hydrogen-bond acceptors (Lipinski definition) is 2. The standard InChI is InChI=1S/C18H27N5.HI/c1-4-5-13-22(3)18(19-2)20-12-11-16-14-21-23(15-16)17-9-7-6-8-10-17;/h6-10,14-15H,4-5,11-13H2,1-3H3,(H,19,20);1H. The lowest BCUT2D eigenvalue weighted by atomic mass is 10.2. The Bertz CT molecular complexity index is 609. The number of rotatable bonds is 7. The molecule has 0 amide bonds. The van der Waals surface area contributed by atoms with Gasteiger partial charge in [0.25, 0.3) is 0 Å². The Kier molecular flexibility index (Phi) is 9.44. The highest BCUT2D eigenvalue weighted by molar-refractivity contribution is 14.0. The molecule has 5 nitrogen and oxygen atoms in total. The molecule has 132 valence electrons. The van der Waals surface area contributed by atoms with E-state index in [2.05, 4.69) is 52.6 Å². The van der Waals surface area contributed by atoms with Gasteiger partial charge in [0, 0.05) is 33.4 Å². The highest BCUT2D eigenvalue weighted by atomic mass is 127. The monoisotopic (exact) mass is 441 g/mol. The summed E-state index contributed by atoms with van der Waals surface area (Å²) in [5.74, 6) is 0.953. The Hall–Kier alpha value is -1.57. The average molecular weight is 441 g/mol. The van der Waals surface area contributed by atoms with Gasteiger partial charge in [0.05, 0.1) is 11.9 Å². The molecule has 1 aromatic carbocycles. The fourth-order valence-electron chi connectivity index (χ4n) is 2.42. The van der Waals surface area contributed by atoms with Crippen molar-refractivity contribution in [3.63, 3.8) is 0 Å². The van der Waals surface area contributed by atoms with Crippen molar-refractivity contribution < 1.29 is 0 Å². The van der Waals surface area contributed by atoms with E-state index in [1.165, 1.54) is 18.4 Å². The molecule has 6 heteroatoms. The van der Waals surface area contributed by atoms with Gasteiger partial charge in [-0.1, -0.05) is 31.5 Å². The molecule has 0 saturated carbocycles. The van der Waals surface area contributed by atoms with Crippen LogP contribution in [0.25, 0.3) is 5.69 Å². The lowest BCUT2D eigenvalue weighted by Gasteiger charge is -2.21. The molecule has 0 spiro atoms. The molecule has 0 saturated heterocycles. The highest BCUT2D eigenvalue weighted by Crippen LogP contribution is 2.07. The van der Waals surface area contributed by atoms with E-state index in [4.69, 9.17) is 0 Å². The minimum atomic E-state index is 0. The minimum Gasteiger partial charge on any atom is -0.356 e. The number of guanidine groups is 1. The number of benzene rings is 1. The van der Waals surface area contributed by atoms with Gasteiger partial charge >= 0.3 is 0 Å². The van der Waals surface area contributed by atoms with Crippen LogP contribution in [0, 0.1) is 0 Å². The van der Waals surface area contributed by atoms with Crippen LogP contribution >= 0.6 is 24.0 Å². The number of para-hydroxylation sites is 1. The third-order valence-electron chi connectivity index (χ3n) is 3.77. The van der Waals surface area contributed by atoms with Gasteiger partial charge in [-0.05, 0) is 30.5 Å². The van der Waals surface area contributed by atoms with Crippen molar-refractivity contribution in [2.75, 3.05) is 27.2 Å². The number of unbranched alkanes of at least 4 members (excludes halogenated alkanes) is 1. The lowest BCUT2D eigenvalue weighted by molar-refractivity contribution is 0.465. The SMILES string of the molecule is CCCCN(C)C(=NC)NCCc1cnn(-c2ccccc2)c1.I. The molecule has 0 bridgehead atoms. The number of nitrogens with zero attached hydrogens (tertiary/aromatic N) is 4. The van der Waals surface area contributed by atoms with E-state index < -0.39 is 0 Å². The van der Waals surface area contributed by atoms with Crippen molar-refractivity contribution >= 4 is 29.9 Å². The van der Waals surface area contributed by atoms with E-state index in [9.17, 15) is 0 Å². The zero-order chi connectivity index (χ0) is 16.5. The van der Waals surface area contributed by atoms with Crippen LogP contribution in [0.4, 0.5) is 0 Å². The van der Waals surface area contributed by atoms with E-state index >= 15 is 0 Å². The second-order valence-corrected chi connectivity index (χ2v) is 5.63. The van der Waals surface area contributed by atoms with Gasteiger partial charge in [0.1, 0.15) is 0 Å². The number of halogens is 1. The first-order valence-electron chi connectivity index (χ1n) is 8.25. The molecule has 1 aromatic heterocycles. The average Bonchev–Trinajstić information content (AvgIpc) is 3.06. The first-order valence-corrected chi connectivity index (χ1v) is 8.25. The molecule has 1 heterocycles. The Morgan fingerprint density at radius 1 is 1.29 bits per heavy atom. The van der Waals surface area contributed by atoms with E-state index in [-0.39, 0.29) is 24.0 Å². The number of aliphatic imine (C=N–C) groups is 1. The third kappa shape index (κ3) is 6.14. The molecule has 0 unspecified atom stereocenters. The molecule has 0 aliphatic rings. The molecule has 0 fully saturated rings. The molecule has 0 atom stereocenters. The predicted octanol–water partition coefficient (Wildman–Crippen LogP) is 3.34. The summed E-state index contributed by atoms with van der Waals surface area (Å²) in [6, 6.07) is 10.2. The summed E-state index contributed by atoms with van der Waals surface area (Å²) in [5, 5.41) is 7.84. The predicted molar refractivity (Wildman–Crippen MR) is 112 cm³/mol. The molecule has 1 N–H and O–H groups in total. The first-order chi connectivity index (χ1) is 11.2. The molecule has 0 aliphatic carbocycles. The van der Waals surface area contributed by atoms with Crippen LogP contribution in [-0.2, 0) is 6.42 Å². The number of aromatic nitrogens is 2. The molecular formula is C18H28IN5. The first kappa shape index (κ1) is 20.5. The molecular weight excluding hydrogens is 413 g/mol. The second-order valence-electron chi connectivity index (χ2n) is 5.63. The lowest BCUT2D eigenvalue weighted by Crippen LogP contribution is -2.40. The van der Waals surface area contributed by atoms with Gasteiger partial charge in [-0.2, -0.15) is 5.10 Å². The van der Waals surface area contributed by atoms with Crippen molar-refractivity contribution in [3.05, 3.63) is 48.3 Å². The minimum absolute atomic E-state index is 0. The summed E-state index contributed by atoms with van der Waals surface area (Å²) in [6.45, 7) is 4.08.